The average molecular weight is 455 g/mol. The molecule has 0 radical (unpaired) electrons. The van der Waals surface area contributed by atoms with Gasteiger partial charge >= 0.3 is 0 Å². The Morgan fingerprint density at radius 1 is 1.03 bits per heavy atom. The lowest BCUT2D eigenvalue weighted by Gasteiger charge is -2.31. The zero-order valence-electron chi connectivity index (χ0n) is 19.7. The molecule has 0 unspecified atom stereocenters. The lowest BCUT2D eigenvalue weighted by molar-refractivity contribution is -0.143. The molecule has 2 amide bonds. The molecule has 2 aromatic rings. The van der Waals surface area contributed by atoms with Crippen molar-refractivity contribution in [1.82, 2.24) is 10.2 Å². The van der Waals surface area contributed by atoms with Gasteiger partial charge in [0.2, 0.25) is 5.91 Å². The van der Waals surface area contributed by atoms with E-state index >= 15 is 0 Å². The topological polar surface area (TPSA) is 77.1 Å². The summed E-state index contributed by atoms with van der Waals surface area (Å²) in [7, 11) is 3.16. The maximum absolute atomic E-state index is 13.4. The minimum absolute atomic E-state index is 0.113. The molecule has 1 atom stereocenters. The molecule has 1 saturated carbocycles. The van der Waals surface area contributed by atoms with Gasteiger partial charge in [-0.2, -0.15) is 0 Å². The van der Waals surface area contributed by atoms with Gasteiger partial charge in [-0.1, -0.05) is 44.0 Å². The van der Waals surface area contributed by atoms with Crippen LogP contribution in [-0.4, -0.2) is 49.6 Å². The fourth-order valence-corrected chi connectivity index (χ4v) is 4.21. The van der Waals surface area contributed by atoms with Gasteiger partial charge in [-0.3, -0.25) is 9.59 Å². The molecule has 1 aliphatic carbocycles. The van der Waals surface area contributed by atoms with E-state index in [4.69, 9.17) is 14.2 Å². The van der Waals surface area contributed by atoms with Gasteiger partial charge in [-0.15, -0.1) is 0 Å². The van der Waals surface area contributed by atoms with E-state index in [9.17, 15) is 9.59 Å². The van der Waals surface area contributed by atoms with Crippen LogP contribution in [0.15, 0.2) is 48.5 Å². The number of carbonyl (C=O) groups is 2. The van der Waals surface area contributed by atoms with Crippen molar-refractivity contribution < 1.29 is 23.8 Å². The van der Waals surface area contributed by atoms with E-state index in [0.717, 1.165) is 31.2 Å². The van der Waals surface area contributed by atoms with Crippen LogP contribution in [0.25, 0.3) is 0 Å². The molecule has 0 aliphatic heterocycles. The first-order valence-electron chi connectivity index (χ1n) is 11.5. The zero-order chi connectivity index (χ0) is 23.6. The van der Waals surface area contributed by atoms with Crippen molar-refractivity contribution in [1.29, 1.82) is 0 Å². The SMILES string of the molecule is CC[C@@H](C(=O)NC1CCCC1)N(Cc1cccc(OC)c1)C(=O)COc1ccccc1OC. The minimum atomic E-state index is -0.592. The molecular weight excluding hydrogens is 420 g/mol. The van der Waals surface area contributed by atoms with Crippen LogP contribution in [0, 0.1) is 0 Å². The molecule has 0 saturated heterocycles. The van der Waals surface area contributed by atoms with Crippen molar-refractivity contribution in [2.24, 2.45) is 0 Å². The summed E-state index contributed by atoms with van der Waals surface area (Å²) in [6.45, 7) is 2.01. The maximum atomic E-state index is 13.4. The van der Waals surface area contributed by atoms with E-state index in [1.807, 2.05) is 43.3 Å². The highest BCUT2D eigenvalue weighted by molar-refractivity contribution is 5.88. The van der Waals surface area contributed by atoms with Gasteiger partial charge in [0.1, 0.15) is 11.8 Å². The van der Waals surface area contributed by atoms with Crippen molar-refractivity contribution in [3.63, 3.8) is 0 Å². The maximum Gasteiger partial charge on any atom is 0.261 e. The number of methoxy groups -OCH3 is 2. The van der Waals surface area contributed by atoms with Crippen LogP contribution in [0.2, 0.25) is 0 Å². The summed E-state index contributed by atoms with van der Waals surface area (Å²) in [5, 5.41) is 3.15. The van der Waals surface area contributed by atoms with E-state index in [2.05, 4.69) is 5.32 Å². The first-order valence-corrected chi connectivity index (χ1v) is 11.5. The third kappa shape index (κ3) is 6.63. The molecule has 0 bridgehead atoms. The first-order chi connectivity index (χ1) is 16.0. The van der Waals surface area contributed by atoms with Crippen molar-refractivity contribution in [3.05, 3.63) is 54.1 Å². The van der Waals surface area contributed by atoms with E-state index in [1.165, 1.54) is 0 Å². The molecule has 1 N–H and O–H groups in total. The second-order valence-corrected chi connectivity index (χ2v) is 8.23. The lowest BCUT2D eigenvalue weighted by atomic mass is 10.1. The number of rotatable bonds is 11. The number of nitrogens with zero attached hydrogens (tertiary/aromatic N) is 1. The van der Waals surface area contributed by atoms with Crippen molar-refractivity contribution in [2.75, 3.05) is 20.8 Å². The average Bonchev–Trinajstić information content (AvgIpc) is 3.35. The Hall–Kier alpha value is -3.22. The van der Waals surface area contributed by atoms with Crippen molar-refractivity contribution in [2.45, 2.75) is 57.7 Å². The minimum Gasteiger partial charge on any atom is -0.497 e. The van der Waals surface area contributed by atoms with Crippen LogP contribution < -0.4 is 19.5 Å². The number of nitrogens with one attached hydrogen (secondary N) is 1. The molecule has 0 spiro atoms. The van der Waals surface area contributed by atoms with Crippen LogP contribution in [0.1, 0.15) is 44.6 Å². The highest BCUT2D eigenvalue weighted by Gasteiger charge is 2.31. The lowest BCUT2D eigenvalue weighted by Crippen LogP contribution is -2.52. The summed E-state index contributed by atoms with van der Waals surface area (Å²) in [6.07, 6.45) is 4.73. The summed E-state index contributed by atoms with van der Waals surface area (Å²) in [5.74, 6) is 1.36. The van der Waals surface area contributed by atoms with Crippen LogP contribution >= 0.6 is 0 Å². The number of carbonyl (C=O) groups excluding carboxylic acids is 2. The zero-order valence-corrected chi connectivity index (χ0v) is 19.7. The third-order valence-corrected chi connectivity index (χ3v) is 5.99. The number of para-hydroxylation sites is 2. The van der Waals surface area contributed by atoms with Gasteiger partial charge in [0.05, 0.1) is 14.2 Å². The van der Waals surface area contributed by atoms with E-state index < -0.39 is 6.04 Å². The molecule has 3 rings (SSSR count). The van der Waals surface area contributed by atoms with Crippen LogP contribution in [0.3, 0.4) is 0 Å². The molecule has 0 heterocycles. The van der Waals surface area contributed by atoms with Crippen LogP contribution in [0.4, 0.5) is 0 Å². The second kappa shape index (κ2) is 12.1. The van der Waals surface area contributed by atoms with E-state index in [0.29, 0.717) is 23.7 Å². The summed E-state index contributed by atoms with van der Waals surface area (Å²) in [4.78, 5) is 28.1. The largest absolute Gasteiger partial charge is 0.497 e. The normalized spacial score (nSPS) is 14.4. The Bertz CT molecular complexity index is 926. The monoisotopic (exact) mass is 454 g/mol. The van der Waals surface area contributed by atoms with Gasteiger partial charge in [-0.05, 0) is 49.1 Å². The van der Waals surface area contributed by atoms with E-state index in [1.54, 1.807) is 31.3 Å². The molecule has 178 valence electrons. The van der Waals surface area contributed by atoms with Crippen molar-refractivity contribution >= 4 is 11.8 Å². The quantitative estimate of drug-likeness (QED) is 0.556. The Labute approximate surface area is 196 Å². The molecule has 33 heavy (non-hydrogen) atoms. The predicted molar refractivity (Wildman–Crippen MR) is 127 cm³/mol. The summed E-state index contributed by atoms with van der Waals surface area (Å²) >= 11 is 0. The van der Waals surface area contributed by atoms with E-state index in [-0.39, 0.29) is 31.0 Å². The fraction of sp³-hybridized carbons (Fsp3) is 0.462. The van der Waals surface area contributed by atoms with Gasteiger partial charge in [0, 0.05) is 12.6 Å². The van der Waals surface area contributed by atoms with Gasteiger partial charge in [0.25, 0.3) is 5.91 Å². The Kier molecular flexibility index (Phi) is 8.98. The highest BCUT2D eigenvalue weighted by atomic mass is 16.5. The fourth-order valence-electron chi connectivity index (χ4n) is 4.21. The van der Waals surface area contributed by atoms with Crippen molar-refractivity contribution in [3.8, 4) is 17.2 Å². The molecule has 0 aromatic heterocycles. The second-order valence-electron chi connectivity index (χ2n) is 8.23. The van der Waals surface area contributed by atoms with Gasteiger partial charge < -0.3 is 24.4 Å². The third-order valence-electron chi connectivity index (χ3n) is 5.99. The number of amides is 2. The highest BCUT2D eigenvalue weighted by Crippen LogP contribution is 2.26. The molecule has 1 fully saturated rings. The Morgan fingerprint density at radius 3 is 2.42 bits per heavy atom. The Morgan fingerprint density at radius 2 is 1.76 bits per heavy atom. The van der Waals surface area contributed by atoms with Crippen LogP contribution in [-0.2, 0) is 16.1 Å². The molecule has 7 heteroatoms. The summed E-state index contributed by atoms with van der Waals surface area (Å²) in [6, 6.07) is 14.3. The van der Waals surface area contributed by atoms with Gasteiger partial charge in [0.15, 0.2) is 18.1 Å². The number of hydrogen-bond acceptors (Lipinski definition) is 5. The molecule has 7 nitrogen and oxygen atoms in total. The molecule has 1 aliphatic rings. The summed E-state index contributed by atoms with van der Waals surface area (Å²) < 4.78 is 16.4. The summed E-state index contributed by atoms with van der Waals surface area (Å²) in [5.41, 5.74) is 0.882. The number of ether oxygens (including phenoxy) is 3. The number of benzene rings is 2. The van der Waals surface area contributed by atoms with Gasteiger partial charge in [-0.25, -0.2) is 0 Å². The Balaban J connectivity index is 1.79. The first kappa shape index (κ1) is 24.4. The molecular formula is C26H34N2O5. The molecule has 2 aromatic carbocycles. The number of hydrogen-bond donors (Lipinski definition) is 1. The van der Waals surface area contributed by atoms with Crippen LogP contribution in [0.5, 0.6) is 17.2 Å². The smallest absolute Gasteiger partial charge is 0.261 e. The predicted octanol–water partition coefficient (Wildman–Crippen LogP) is 3.95. The standard InChI is InChI=1S/C26H34N2O5/c1-4-22(26(30)27-20-11-5-6-12-20)28(17-19-10-9-13-21(16-19)31-2)25(29)18-33-24-15-8-7-14-23(24)32-3/h7-10,13-16,20,22H,4-6,11-12,17-18H2,1-3H3,(H,27,30)/t22-/m0/s1.